The van der Waals surface area contributed by atoms with Gasteiger partial charge < -0.3 is 16.4 Å². The minimum absolute atomic E-state index is 0.0391. The molecule has 0 spiro atoms. The molecule has 2 amide bonds. The van der Waals surface area contributed by atoms with Gasteiger partial charge in [-0.3, -0.25) is 4.99 Å². The van der Waals surface area contributed by atoms with Crippen molar-refractivity contribution in [2.75, 3.05) is 16.4 Å². The first kappa shape index (κ1) is 27.1. The number of alkyl halides is 3. The lowest BCUT2D eigenvalue weighted by atomic mass is 9.86. The highest BCUT2D eigenvalue weighted by Crippen LogP contribution is 2.41. The number of nitrogen functional groups attached to an aromatic ring is 1. The molecule has 0 aliphatic carbocycles. The van der Waals surface area contributed by atoms with Gasteiger partial charge >= 0.3 is 12.2 Å². The maximum absolute atomic E-state index is 15.7. The van der Waals surface area contributed by atoms with Crippen LogP contribution in [-0.2, 0) is 6.18 Å². The molecule has 0 fully saturated rings. The van der Waals surface area contributed by atoms with Gasteiger partial charge in [0.25, 0.3) is 0 Å². The number of nitrogens with two attached hydrogens (primary N) is 1. The van der Waals surface area contributed by atoms with E-state index >= 15 is 4.39 Å². The zero-order chi connectivity index (χ0) is 27.8. The number of carbonyl (C=O) groups is 1. The van der Waals surface area contributed by atoms with Crippen LogP contribution >= 0.6 is 11.6 Å². The van der Waals surface area contributed by atoms with Crippen LogP contribution in [0.15, 0.2) is 53.7 Å². The highest BCUT2D eigenvalue weighted by atomic mass is 35.5. The molecule has 0 radical (unpaired) electrons. The molecule has 12 heteroatoms. The van der Waals surface area contributed by atoms with Crippen molar-refractivity contribution in [3.63, 3.8) is 0 Å². The van der Waals surface area contributed by atoms with Crippen molar-refractivity contribution >= 4 is 51.9 Å². The molecule has 1 aliphatic heterocycles. The zero-order valence-electron chi connectivity index (χ0n) is 20.5. The molecule has 2 heterocycles. The van der Waals surface area contributed by atoms with Crippen LogP contribution in [0.4, 0.5) is 39.7 Å². The summed E-state index contributed by atoms with van der Waals surface area (Å²) in [5.41, 5.74) is 6.38. The third kappa shape index (κ3) is 5.77. The van der Waals surface area contributed by atoms with Gasteiger partial charge in [0.15, 0.2) is 5.82 Å². The molecule has 38 heavy (non-hydrogen) atoms. The molecule has 7 nitrogen and oxygen atoms in total. The number of hydrogen-bond donors (Lipinski definition) is 3. The van der Waals surface area contributed by atoms with Gasteiger partial charge in [0.1, 0.15) is 0 Å². The minimum atomic E-state index is -4.71. The van der Waals surface area contributed by atoms with E-state index in [1.165, 1.54) is 18.3 Å². The van der Waals surface area contributed by atoms with Gasteiger partial charge in [-0.25, -0.2) is 19.2 Å². The lowest BCUT2D eigenvalue weighted by Crippen LogP contribution is -2.21. The number of nitrogens with one attached hydrogen (secondary N) is 2. The van der Waals surface area contributed by atoms with Crippen LogP contribution in [-0.4, -0.2) is 21.7 Å². The summed E-state index contributed by atoms with van der Waals surface area (Å²) in [6, 6.07) is 8.04. The Labute approximate surface area is 220 Å². The van der Waals surface area contributed by atoms with E-state index in [2.05, 4.69) is 20.6 Å². The van der Waals surface area contributed by atoms with Gasteiger partial charge in [-0.2, -0.15) is 13.2 Å². The SMILES string of the molecule is CC(C)(C)C1=NC(c2ccnc(N)n2)=C(c2cccc(NC(=O)Nc3ccc(Cl)c(C(F)(F)F)c3)c2F)C1. The first-order valence-electron chi connectivity index (χ1n) is 11.4. The summed E-state index contributed by atoms with van der Waals surface area (Å²) < 4.78 is 55.2. The highest BCUT2D eigenvalue weighted by molar-refractivity contribution is 6.31. The van der Waals surface area contributed by atoms with Crippen molar-refractivity contribution in [1.29, 1.82) is 0 Å². The standard InChI is InChI=1S/C26H23ClF4N6O/c1-25(2,3)20-12-15(22(37-20)19-9-10-33-23(32)35-19)14-5-4-6-18(21(14)28)36-24(38)34-13-7-8-17(27)16(11-13)26(29,30)31/h4-11H,12H2,1-3H3,(H2,32,33,35)(H2,34,36,38). The third-order valence-corrected chi connectivity index (χ3v) is 6.09. The fourth-order valence-electron chi connectivity index (χ4n) is 3.83. The normalized spacial score (nSPS) is 13.9. The Morgan fingerprint density at radius 3 is 2.47 bits per heavy atom. The number of aliphatic imine (C=N–C) groups is 1. The molecule has 2 aromatic carbocycles. The lowest BCUT2D eigenvalue weighted by molar-refractivity contribution is -0.137. The van der Waals surface area contributed by atoms with E-state index in [1.807, 2.05) is 20.8 Å². The number of urea groups is 1. The van der Waals surface area contributed by atoms with Crippen molar-refractivity contribution in [3.05, 3.63) is 76.3 Å². The lowest BCUT2D eigenvalue weighted by Gasteiger charge is -2.19. The maximum atomic E-state index is 15.7. The second-order valence-corrected chi connectivity index (χ2v) is 9.96. The number of allylic oxidation sites excluding steroid dienone is 1. The number of anilines is 3. The summed E-state index contributed by atoms with van der Waals surface area (Å²) in [6.07, 6.45) is -2.90. The van der Waals surface area contributed by atoms with E-state index in [0.29, 0.717) is 29.5 Å². The van der Waals surface area contributed by atoms with Gasteiger partial charge in [-0.05, 0) is 35.9 Å². The van der Waals surface area contributed by atoms with Crippen molar-refractivity contribution in [2.24, 2.45) is 10.4 Å². The minimum Gasteiger partial charge on any atom is -0.368 e. The van der Waals surface area contributed by atoms with E-state index in [-0.39, 0.29) is 28.3 Å². The van der Waals surface area contributed by atoms with Gasteiger partial charge in [0, 0.05) is 35.0 Å². The quantitative estimate of drug-likeness (QED) is 0.299. The summed E-state index contributed by atoms with van der Waals surface area (Å²) in [6.45, 7) is 5.96. The molecule has 0 atom stereocenters. The molecule has 4 N–H and O–H groups in total. The number of rotatable bonds is 4. The van der Waals surface area contributed by atoms with Gasteiger partial charge in [-0.15, -0.1) is 0 Å². The van der Waals surface area contributed by atoms with Gasteiger partial charge in [0.05, 0.1) is 27.7 Å². The van der Waals surface area contributed by atoms with Crippen molar-refractivity contribution in [3.8, 4) is 0 Å². The smallest absolute Gasteiger partial charge is 0.368 e. The Morgan fingerprint density at radius 2 is 1.82 bits per heavy atom. The van der Waals surface area contributed by atoms with Crippen LogP contribution in [0.3, 0.4) is 0 Å². The zero-order valence-corrected chi connectivity index (χ0v) is 21.3. The van der Waals surface area contributed by atoms with E-state index in [1.54, 1.807) is 18.2 Å². The number of nitrogens with zero attached hydrogens (tertiary/aromatic N) is 3. The molecule has 0 saturated carbocycles. The first-order valence-corrected chi connectivity index (χ1v) is 11.8. The van der Waals surface area contributed by atoms with Gasteiger partial charge in [0.2, 0.25) is 5.95 Å². The predicted octanol–water partition coefficient (Wildman–Crippen LogP) is 7.27. The van der Waals surface area contributed by atoms with Crippen LogP contribution in [0.2, 0.25) is 5.02 Å². The average molecular weight is 547 g/mol. The number of aromatic nitrogens is 2. The number of benzene rings is 2. The summed E-state index contributed by atoms with van der Waals surface area (Å²) in [7, 11) is 0. The maximum Gasteiger partial charge on any atom is 0.417 e. The fourth-order valence-corrected chi connectivity index (χ4v) is 4.06. The van der Waals surface area contributed by atoms with Gasteiger partial charge in [-0.1, -0.05) is 44.5 Å². The molecular formula is C26H23ClF4N6O. The monoisotopic (exact) mass is 546 g/mol. The topological polar surface area (TPSA) is 105 Å². The van der Waals surface area contributed by atoms with Crippen LogP contribution in [0, 0.1) is 11.2 Å². The molecule has 4 rings (SSSR count). The molecule has 198 valence electrons. The Kier molecular flexibility index (Phi) is 7.16. The average Bonchev–Trinajstić information content (AvgIpc) is 3.27. The van der Waals surface area contributed by atoms with E-state index in [9.17, 15) is 18.0 Å². The summed E-state index contributed by atoms with van der Waals surface area (Å²) in [5.74, 6) is -0.702. The van der Waals surface area contributed by atoms with Crippen LogP contribution < -0.4 is 16.4 Å². The van der Waals surface area contributed by atoms with Crippen LogP contribution in [0.5, 0.6) is 0 Å². The second-order valence-electron chi connectivity index (χ2n) is 9.55. The van der Waals surface area contributed by atoms with Crippen LogP contribution in [0.1, 0.15) is 44.0 Å². The van der Waals surface area contributed by atoms with E-state index in [4.69, 9.17) is 22.3 Å². The largest absolute Gasteiger partial charge is 0.417 e. The summed E-state index contributed by atoms with van der Waals surface area (Å²) in [4.78, 5) is 25.4. The number of halogens is 5. The number of hydrogen-bond acceptors (Lipinski definition) is 5. The van der Waals surface area contributed by atoms with E-state index in [0.717, 1.165) is 11.8 Å². The first-order chi connectivity index (χ1) is 17.7. The molecule has 1 aliphatic rings. The molecule has 3 aromatic rings. The van der Waals surface area contributed by atoms with Crippen molar-refractivity contribution in [2.45, 2.75) is 33.4 Å². The summed E-state index contributed by atoms with van der Waals surface area (Å²) >= 11 is 5.62. The third-order valence-electron chi connectivity index (χ3n) is 5.76. The van der Waals surface area contributed by atoms with Crippen molar-refractivity contribution in [1.82, 2.24) is 9.97 Å². The Hall–Kier alpha value is -3.99. The Bertz CT molecular complexity index is 1480. The number of amides is 2. The molecule has 1 aromatic heterocycles. The molecule has 0 saturated heterocycles. The molecular weight excluding hydrogens is 524 g/mol. The Balaban J connectivity index is 1.65. The summed E-state index contributed by atoms with van der Waals surface area (Å²) in [5, 5.41) is 4.12. The number of carbonyl (C=O) groups excluding carboxylic acids is 1. The highest BCUT2D eigenvalue weighted by Gasteiger charge is 2.34. The Morgan fingerprint density at radius 1 is 1.08 bits per heavy atom. The molecule has 0 bridgehead atoms. The molecule has 0 unspecified atom stereocenters. The van der Waals surface area contributed by atoms with E-state index < -0.39 is 28.6 Å². The van der Waals surface area contributed by atoms with Crippen LogP contribution in [0.25, 0.3) is 11.3 Å². The van der Waals surface area contributed by atoms with Crippen molar-refractivity contribution < 1.29 is 22.4 Å². The predicted molar refractivity (Wildman–Crippen MR) is 140 cm³/mol. The fraction of sp³-hybridized carbons (Fsp3) is 0.231. The second kappa shape index (κ2) is 10.1.